The van der Waals surface area contributed by atoms with Crippen LogP contribution in [0.2, 0.25) is 0 Å². The molecule has 0 heterocycles. The number of hydrogen-bond acceptors (Lipinski definition) is 3. The third kappa shape index (κ3) is 3.77. The lowest BCUT2D eigenvalue weighted by Crippen LogP contribution is -2.22. The van der Waals surface area contributed by atoms with Crippen molar-refractivity contribution < 1.29 is 14.6 Å². The van der Waals surface area contributed by atoms with Gasteiger partial charge in [-0.05, 0) is 68.2 Å². The van der Waals surface area contributed by atoms with Crippen molar-refractivity contribution in [1.82, 2.24) is 0 Å². The number of rotatable bonds is 4. The topological polar surface area (TPSA) is 46.5 Å². The summed E-state index contributed by atoms with van der Waals surface area (Å²) >= 11 is 0. The van der Waals surface area contributed by atoms with E-state index in [0.717, 1.165) is 24.0 Å². The molecule has 3 heteroatoms. The summed E-state index contributed by atoms with van der Waals surface area (Å²) in [5, 5.41) is 10.1. The number of esters is 1. The zero-order valence-corrected chi connectivity index (χ0v) is 14.8. The molecular formula is C20H28O3. The molecule has 0 saturated heterocycles. The molecule has 2 rings (SSSR count). The molecule has 1 aliphatic rings. The number of carbonyl (C=O) groups is 1. The summed E-state index contributed by atoms with van der Waals surface area (Å²) < 4.78 is 5.47. The van der Waals surface area contributed by atoms with E-state index in [9.17, 15) is 9.90 Å². The van der Waals surface area contributed by atoms with Gasteiger partial charge in [-0.25, -0.2) is 4.79 Å². The number of phenolic OH excluding ortho intramolecular Hbond substituents is 1. The van der Waals surface area contributed by atoms with E-state index in [0.29, 0.717) is 29.8 Å². The Balaban J connectivity index is 2.26. The quantitative estimate of drug-likeness (QED) is 0.639. The van der Waals surface area contributed by atoms with Crippen LogP contribution in [0.4, 0.5) is 0 Å². The van der Waals surface area contributed by atoms with Gasteiger partial charge in [-0.15, -0.1) is 0 Å². The minimum absolute atomic E-state index is 0.167. The van der Waals surface area contributed by atoms with E-state index < -0.39 is 0 Å². The molecule has 0 saturated carbocycles. The average Bonchev–Trinajstić information content (AvgIpc) is 2.52. The summed E-state index contributed by atoms with van der Waals surface area (Å²) in [7, 11) is 0. The molecule has 126 valence electrons. The van der Waals surface area contributed by atoms with Crippen molar-refractivity contribution >= 4 is 5.97 Å². The maximum Gasteiger partial charge on any atom is 0.333 e. The fourth-order valence-corrected chi connectivity index (χ4v) is 3.37. The van der Waals surface area contributed by atoms with E-state index in [4.69, 9.17) is 4.74 Å². The fraction of sp³-hybridized carbons (Fsp3) is 0.550. The molecule has 1 N–H and O–H groups in total. The Morgan fingerprint density at radius 2 is 2.04 bits per heavy atom. The third-order valence-corrected chi connectivity index (χ3v) is 5.04. The molecule has 1 aromatic rings. The van der Waals surface area contributed by atoms with Gasteiger partial charge in [0, 0.05) is 11.5 Å². The highest BCUT2D eigenvalue weighted by atomic mass is 16.5. The maximum atomic E-state index is 11.9. The number of carbonyl (C=O) groups excluding carboxylic acids is 1. The zero-order valence-electron chi connectivity index (χ0n) is 14.8. The second kappa shape index (κ2) is 7.20. The van der Waals surface area contributed by atoms with Gasteiger partial charge in [0.05, 0.1) is 6.61 Å². The molecule has 0 spiro atoms. The molecule has 1 aliphatic carbocycles. The molecule has 3 nitrogen and oxygen atoms in total. The first-order valence-electron chi connectivity index (χ1n) is 8.48. The van der Waals surface area contributed by atoms with Crippen molar-refractivity contribution in [1.29, 1.82) is 0 Å². The molecule has 2 atom stereocenters. The van der Waals surface area contributed by atoms with Crippen molar-refractivity contribution in [2.75, 3.05) is 6.61 Å². The van der Waals surface area contributed by atoms with Crippen molar-refractivity contribution in [3.8, 4) is 5.75 Å². The average molecular weight is 316 g/mol. The Labute approximate surface area is 139 Å². The van der Waals surface area contributed by atoms with Gasteiger partial charge < -0.3 is 9.84 Å². The number of fused-ring (bicyclic) bond motifs is 1. The maximum absolute atomic E-state index is 11.9. The lowest BCUT2D eigenvalue weighted by Gasteiger charge is -2.34. The predicted molar refractivity (Wildman–Crippen MR) is 92.8 cm³/mol. The van der Waals surface area contributed by atoms with Crippen molar-refractivity contribution in [3.05, 3.63) is 40.5 Å². The number of aromatic hydroxyl groups is 1. The lowest BCUT2D eigenvalue weighted by atomic mass is 9.72. The van der Waals surface area contributed by atoms with Crippen LogP contribution in [-0.2, 0) is 9.53 Å². The zero-order chi connectivity index (χ0) is 17.1. The lowest BCUT2D eigenvalue weighted by molar-refractivity contribution is -0.139. The van der Waals surface area contributed by atoms with E-state index in [1.807, 2.05) is 19.9 Å². The van der Waals surface area contributed by atoms with Gasteiger partial charge in [0.15, 0.2) is 0 Å². The number of aryl methyl sites for hydroxylation is 1. The standard InChI is InChI=1S/C20H28O3/c1-6-13(4)20(22)23-11-15-7-8-16(12(2)3)18-9-14(5)19(21)10-17(15)18/h6,9-10,12,15-16,21H,7-8,11H2,1-5H3/t15-,16-/m0/s1. The molecule has 0 amide bonds. The molecule has 0 radical (unpaired) electrons. The predicted octanol–water partition coefficient (Wildman–Crippen LogP) is 4.83. The second-order valence-corrected chi connectivity index (χ2v) is 6.96. The highest BCUT2D eigenvalue weighted by Crippen LogP contribution is 2.44. The first-order valence-corrected chi connectivity index (χ1v) is 8.48. The molecule has 0 aromatic heterocycles. The highest BCUT2D eigenvalue weighted by molar-refractivity contribution is 5.87. The smallest absolute Gasteiger partial charge is 0.333 e. The monoisotopic (exact) mass is 316 g/mol. The summed E-state index contributed by atoms with van der Waals surface area (Å²) in [6.07, 6.45) is 3.85. The van der Waals surface area contributed by atoms with Crippen LogP contribution in [0.1, 0.15) is 69.1 Å². The van der Waals surface area contributed by atoms with Crippen LogP contribution in [0, 0.1) is 12.8 Å². The summed E-state index contributed by atoms with van der Waals surface area (Å²) in [5.41, 5.74) is 4.00. The first kappa shape index (κ1) is 17.6. The van der Waals surface area contributed by atoms with Crippen LogP contribution in [-0.4, -0.2) is 17.7 Å². The van der Waals surface area contributed by atoms with Gasteiger partial charge in [0.2, 0.25) is 0 Å². The Hall–Kier alpha value is -1.77. The van der Waals surface area contributed by atoms with Crippen LogP contribution in [0.25, 0.3) is 0 Å². The molecule has 0 bridgehead atoms. The van der Waals surface area contributed by atoms with Gasteiger partial charge >= 0.3 is 5.97 Å². The summed E-state index contributed by atoms with van der Waals surface area (Å²) in [6, 6.07) is 3.99. The minimum atomic E-state index is -0.253. The van der Waals surface area contributed by atoms with Gasteiger partial charge in [-0.1, -0.05) is 26.0 Å². The van der Waals surface area contributed by atoms with Gasteiger partial charge in [0.1, 0.15) is 5.75 Å². The second-order valence-electron chi connectivity index (χ2n) is 6.96. The van der Waals surface area contributed by atoms with Crippen LogP contribution in [0.15, 0.2) is 23.8 Å². The molecule has 0 aliphatic heterocycles. The van der Waals surface area contributed by atoms with Crippen molar-refractivity contribution in [3.63, 3.8) is 0 Å². The summed E-state index contributed by atoms with van der Waals surface area (Å²) in [4.78, 5) is 11.9. The number of ether oxygens (including phenoxy) is 1. The van der Waals surface area contributed by atoms with Crippen molar-refractivity contribution in [2.45, 2.75) is 59.3 Å². The number of allylic oxidation sites excluding steroid dienone is 1. The normalized spacial score (nSPS) is 21.2. The largest absolute Gasteiger partial charge is 0.508 e. The van der Waals surface area contributed by atoms with Crippen LogP contribution < -0.4 is 0 Å². The molecule has 0 fully saturated rings. The highest BCUT2D eigenvalue weighted by Gasteiger charge is 2.30. The SMILES string of the molecule is CC=C(C)C(=O)OC[C@@H]1CC[C@@H](C(C)C)c2cc(C)c(O)cc21. The summed E-state index contributed by atoms with van der Waals surface area (Å²) in [5.74, 6) is 1.31. The molecule has 1 aromatic carbocycles. The van der Waals surface area contributed by atoms with E-state index >= 15 is 0 Å². The Morgan fingerprint density at radius 3 is 2.65 bits per heavy atom. The van der Waals surface area contributed by atoms with Crippen LogP contribution >= 0.6 is 0 Å². The van der Waals surface area contributed by atoms with E-state index in [2.05, 4.69) is 19.9 Å². The van der Waals surface area contributed by atoms with Crippen LogP contribution in [0.5, 0.6) is 5.75 Å². The number of phenols is 1. The number of hydrogen-bond donors (Lipinski definition) is 1. The first-order chi connectivity index (χ1) is 10.8. The molecule has 0 unspecified atom stereocenters. The van der Waals surface area contributed by atoms with E-state index in [-0.39, 0.29) is 11.9 Å². The summed E-state index contributed by atoms with van der Waals surface area (Å²) in [6.45, 7) is 10.4. The van der Waals surface area contributed by atoms with Crippen molar-refractivity contribution in [2.24, 2.45) is 5.92 Å². The van der Waals surface area contributed by atoms with Crippen LogP contribution in [0.3, 0.4) is 0 Å². The molecular weight excluding hydrogens is 288 g/mol. The fourth-order valence-electron chi connectivity index (χ4n) is 3.37. The minimum Gasteiger partial charge on any atom is -0.508 e. The Morgan fingerprint density at radius 1 is 1.35 bits per heavy atom. The Bertz CT molecular complexity index is 614. The van der Waals surface area contributed by atoms with Gasteiger partial charge in [-0.2, -0.15) is 0 Å². The van der Waals surface area contributed by atoms with E-state index in [1.54, 1.807) is 13.0 Å². The number of benzene rings is 1. The Kier molecular flexibility index (Phi) is 5.51. The van der Waals surface area contributed by atoms with Gasteiger partial charge in [-0.3, -0.25) is 0 Å². The molecule has 23 heavy (non-hydrogen) atoms. The van der Waals surface area contributed by atoms with E-state index in [1.165, 1.54) is 5.56 Å². The third-order valence-electron chi connectivity index (χ3n) is 5.04. The van der Waals surface area contributed by atoms with Gasteiger partial charge in [0.25, 0.3) is 0 Å².